The number of hydrogen-bond acceptors (Lipinski definition) is 5. The minimum Gasteiger partial charge on any atom is -0.475 e. The van der Waals surface area contributed by atoms with Crippen molar-refractivity contribution < 1.29 is 32.7 Å². The minimum absolute atomic E-state index is 0.0788. The van der Waals surface area contributed by atoms with Crippen molar-refractivity contribution in [3.63, 3.8) is 0 Å². The maximum atomic E-state index is 12.1. The van der Waals surface area contributed by atoms with Gasteiger partial charge in [0.2, 0.25) is 0 Å². The molecule has 1 aromatic heterocycles. The Labute approximate surface area is 172 Å². The summed E-state index contributed by atoms with van der Waals surface area (Å²) >= 11 is 0. The molecule has 12 heteroatoms. The van der Waals surface area contributed by atoms with Crippen molar-refractivity contribution in [2.24, 2.45) is 0 Å². The molecule has 0 aliphatic carbocycles. The lowest BCUT2D eigenvalue weighted by atomic mass is 10.0. The first kappa shape index (κ1) is 25.0. The third-order valence-electron chi connectivity index (χ3n) is 4.10. The van der Waals surface area contributed by atoms with Crippen LogP contribution in [0.15, 0.2) is 6.07 Å². The Morgan fingerprint density at radius 3 is 2.17 bits per heavy atom. The number of nitrogens with zero attached hydrogens (tertiary/aromatic N) is 2. The van der Waals surface area contributed by atoms with Crippen LogP contribution in [-0.4, -0.2) is 72.3 Å². The Kier molecular flexibility index (Phi) is 8.87. The number of urea groups is 1. The van der Waals surface area contributed by atoms with Crippen molar-refractivity contribution in [3.05, 3.63) is 22.9 Å². The van der Waals surface area contributed by atoms with E-state index in [9.17, 15) is 22.8 Å². The molecule has 0 aromatic carbocycles. The van der Waals surface area contributed by atoms with E-state index < -0.39 is 12.1 Å². The largest absolute Gasteiger partial charge is 0.490 e. The molecule has 0 saturated heterocycles. The number of carboxylic acid groups (broad SMARTS) is 1. The molecule has 2 heterocycles. The number of pyridine rings is 1. The van der Waals surface area contributed by atoms with E-state index >= 15 is 0 Å². The topological polar surface area (TPSA) is 124 Å². The van der Waals surface area contributed by atoms with Gasteiger partial charge in [-0.15, -0.1) is 0 Å². The van der Waals surface area contributed by atoms with Crippen LogP contribution in [0.25, 0.3) is 0 Å². The fourth-order valence-corrected chi connectivity index (χ4v) is 2.69. The summed E-state index contributed by atoms with van der Waals surface area (Å²) < 4.78 is 31.7. The standard InChI is InChI=1S/C16H25N5O2.C2HF3O2/c1-10(2)19-14-12(15(22)17-3)9-11-5-7-21(16(23)18-4)8-6-13(11)20-14;3-2(4,5)1(6)7/h9-10H,5-8H2,1-4H3,(H,17,22)(H,18,23)(H,19,20);(H,6,7). The highest BCUT2D eigenvalue weighted by Gasteiger charge is 2.38. The summed E-state index contributed by atoms with van der Waals surface area (Å²) in [6, 6.07) is 2.00. The van der Waals surface area contributed by atoms with Gasteiger partial charge in [0.15, 0.2) is 0 Å². The summed E-state index contributed by atoms with van der Waals surface area (Å²) in [5.74, 6) is -2.31. The van der Waals surface area contributed by atoms with Crippen LogP contribution in [0.1, 0.15) is 35.5 Å². The number of amides is 3. The highest BCUT2D eigenvalue weighted by Crippen LogP contribution is 2.22. The number of rotatable bonds is 3. The first-order valence-corrected chi connectivity index (χ1v) is 9.18. The molecule has 0 unspecified atom stereocenters. The van der Waals surface area contributed by atoms with Gasteiger partial charge in [-0.1, -0.05) is 0 Å². The lowest BCUT2D eigenvalue weighted by molar-refractivity contribution is -0.192. The fraction of sp³-hybridized carbons (Fsp3) is 0.556. The molecule has 1 aliphatic heterocycles. The van der Waals surface area contributed by atoms with Crippen molar-refractivity contribution in [2.75, 3.05) is 32.5 Å². The molecule has 0 atom stereocenters. The number of carbonyl (C=O) groups excluding carboxylic acids is 2. The van der Waals surface area contributed by atoms with E-state index in [1.54, 1.807) is 19.0 Å². The summed E-state index contributed by atoms with van der Waals surface area (Å²) in [7, 11) is 3.24. The zero-order chi connectivity index (χ0) is 23.1. The van der Waals surface area contributed by atoms with Crippen LogP contribution >= 0.6 is 0 Å². The Balaban J connectivity index is 0.000000553. The quantitative estimate of drug-likeness (QED) is 0.575. The number of halogens is 3. The number of aromatic nitrogens is 1. The minimum atomic E-state index is -5.08. The summed E-state index contributed by atoms with van der Waals surface area (Å²) in [4.78, 5) is 39.3. The average molecular weight is 433 g/mol. The summed E-state index contributed by atoms with van der Waals surface area (Å²) in [5.41, 5.74) is 2.53. The van der Waals surface area contributed by atoms with Gasteiger partial charge in [-0.2, -0.15) is 13.2 Å². The van der Waals surface area contributed by atoms with E-state index in [4.69, 9.17) is 9.90 Å². The van der Waals surface area contributed by atoms with Crippen LogP contribution in [0.4, 0.5) is 23.8 Å². The van der Waals surface area contributed by atoms with Crippen LogP contribution in [0, 0.1) is 0 Å². The van der Waals surface area contributed by atoms with Gasteiger partial charge in [-0.05, 0) is 31.9 Å². The molecule has 3 amide bonds. The van der Waals surface area contributed by atoms with Crippen LogP contribution in [0.5, 0.6) is 0 Å². The zero-order valence-electron chi connectivity index (χ0n) is 17.2. The van der Waals surface area contributed by atoms with E-state index in [-0.39, 0.29) is 18.0 Å². The molecule has 0 fully saturated rings. The highest BCUT2D eigenvalue weighted by atomic mass is 19.4. The molecular formula is C18H26F3N5O4. The molecule has 1 aromatic rings. The summed E-state index contributed by atoms with van der Waals surface area (Å²) in [5, 5.41) is 15.7. The summed E-state index contributed by atoms with van der Waals surface area (Å²) in [6.07, 6.45) is -3.70. The SMILES string of the molecule is CNC(=O)c1cc2c(nc1NC(C)C)CCN(C(=O)NC)CC2.O=C(O)C(F)(F)F. The van der Waals surface area contributed by atoms with Crippen molar-refractivity contribution in [1.82, 2.24) is 20.5 Å². The fourth-order valence-electron chi connectivity index (χ4n) is 2.69. The lowest BCUT2D eigenvalue weighted by Gasteiger charge is -2.18. The maximum absolute atomic E-state index is 12.1. The lowest BCUT2D eigenvalue weighted by Crippen LogP contribution is -2.39. The number of carboxylic acids is 1. The van der Waals surface area contributed by atoms with Gasteiger partial charge >= 0.3 is 18.2 Å². The predicted octanol–water partition coefficient (Wildman–Crippen LogP) is 1.63. The van der Waals surface area contributed by atoms with Crippen LogP contribution in [-0.2, 0) is 17.6 Å². The molecule has 2 rings (SSSR count). The van der Waals surface area contributed by atoms with Crippen LogP contribution in [0.3, 0.4) is 0 Å². The van der Waals surface area contributed by atoms with Gasteiger partial charge in [0.05, 0.1) is 5.56 Å². The number of aliphatic carboxylic acids is 1. The van der Waals surface area contributed by atoms with E-state index in [2.05, 4.69) is 20.9 Å². The van der Waals surface area contributed by atoms with Crippen molar-refractivity contribution in [2.45, 2.75) is 38.9 Å². The number of nitrogens with one attached hydrogen (secondary N) is 3. The Hall–Kier alpha value is -3.05. The van der Waals surface area contributed by atoms with Crippen LogP contribution in [0.2, 0.25) is 0 Å². The van der Waals surface area contributed by atoms with Gasteiger partial charge in [-0.25, -0.2) is 14.6 Å². The third-order valence-corrected chi connectivity index (χ3v) is 4.10. The van der Waals surface area contributed by atoms with Crippen molar-refractivity contribution in [3.8, 4) is 0 Å². The molecule has 0 spiro atoms. The smallest absolute Gasteiger partial charge is 0.475 e. The molecule has 168 valence electrons. The highest BCUT2D eigenvalue weighted by molar-refractivity contribution is 5.98. The van der Waals surface area contributed by atoms with E-state index in [1.165, 1.54) is 0 Å². The second kappa shape index (κ2) is 10.6. The number of anilines is 1. The second-order valence-corrected chi connectivity index (χ2v) is 6.71. The van der Waals surface area contributed by atoms with Gasteiger partial charge in [-0.3, -0.25) is 4.79 Å². The molecule has 9 nitrogen and oxygen atoms in total. The number of alkyl halides is 3. The monoisotopic (exact) mass is 433 g/mol. The zero-order valence-corrected chi connectivity index (χ0v) is 17.2. The molecule has 0 bridgehead atoms. The Morgan fingerprint density at radius 1 is 1.13 bits per heavy atom. The molecular weight excluding hydrogens is 407 g/mol. The van der Waals surface area contributed by atoms with E-state index in [0.717, 1.165) is 11.3 Å². The van der Waals surface area contributed by atoms with Gasteiger partial charge in [0, 0.05) is 45.3 Å². The Morgan fingerprint density at radius 2 is 1.70 bits per heavy atom. The van der Waals surface area contributed by atoms with E-state index in [0.29, 0.717) is 37.3 Å². The van der Waals surface area contributed by atoms with Gasteiger partial charge in [0.1, 0.15) is 5.82 Å². The number of carbonyl (C=O) groups is 3. The first-order chi connectivity index (χ1) is 13.9. The molecule has 0 saturated carbocycles. The van der Waals surface area contributed by atoms with Gasteiger partial charge in [0.25, 0.3) is 5.91 Å². The molecule has 0 radical (unpaired) electrons. The number of hydrogen-bond donors (Lipinski definition) is 4. The first-order valence-electron chi connectivity index (χ1n) is 9.18. The third kappa shape index (κ3) is 7.08. The molecule has 1 aliphatic rings. The maximum Gasteiger partial charge on any atom is 0.490 e. The summed E-state index contributed by atoms with van der Waals surface area (Å²) in [6.45, 7) is 5.27. The number of fused-ring (bicyclic) bond motifs is 1. The molecule has 4 N–H and O–H groups in total. The molecule has 30 heavy (non-hydrogen) atoms. The van der Waals surface area contributed by atoms with Crippen LogP contribution < -0.4 is 16.0 Å². The normalized spacial score (nSPS) is 13.4. The predicted molar refractivity (Wildman–Crippen MR) is 104 cm³/mol. The Bertz CT molecular complexity index is 784. The van der Waals surface area contributed by atoms with Gasteiger partial charge < -0.3 is 26.0 Å². The van der Waals surface area contributed by atoms with Crippen molar-refractivity contribution in [1.29, 1.82) is 0 Å². The van der Waals surface area contributed by atoms with Crippen molar-refractivity contribution >= 4 is 23.7 Å². The van der Waals surface area contributed by atoms with E-state index in [1.807, 2.05) is 19.9 Å². The second-order valence-electron chi connectivity index (χ2n) is 6.71. The average Bonchev–Trinajstić information content (AvgIpc) is 2.87.